The Bertz CT molecular complexity index is 2720. The van der Waals surface area contributed by atoms with Crippen LogP contribution in [-0.2, 0) is 21.7 Å². The fourth-order valence-electron chi connectivity index (χ4n) is 9.00. The van der Waals surface area contributed by atoms with Crippen LogP contribution in [0.15, 0.2) is 139 Å². The van der Waals surface area contributed by atoms with Crippen LogP contribution in [0.4, 0.5) is 0 Å². The molecule has 1 aliphatic rings. The first-order valence-corrected chi connectivity index (χ1v) is 19.6. The second kappa shape index (κ2) is 14.0. The van der Waals surface area contributed by atoms with Crippen molar-refractivity contribution in [2.45, 2.75) is 56.3 Å². The zero-order chi connectivity index (χ0) is 43.8. The minimum atomic E-state index is -1.12. The monoisotopic (exact) mass is 820 g/mol. The molecule has 4 aromatic heterocycles. The number of phenols is 6. The topological polar surface area (TPSA) is 225 Å². The molecular weight excluding hydrogens is 773 g/mol. The number of allylic oxidation sites excluding steroid dienone is 4. The fourth-order valence-corrected chi connectivity index (χ4v) is 9.00. The molecule has 3 aromatic carbocycles. The summed E-state index contributed by atoms with van der Waals surface area (Å²) in [5.41, 5.74) is 2.80. The van der Waals surface area contributed by atoms with Crippen molar-refractivity contribution in [2.24, 2.45) is 0 Å². The molecular formula is C49H48N4O8. The Labute approximate surface area is 351 Å². The largest absolute Gasteiger partial charge is 0.512 e. The van der Waals surface area contributed by atoms with Crippen molar-refractivity contribution in [1.82, 2.24) is 19.9 Å². The Kier molecular flexibility index (Phi) is 9.23. The molecule has 12 N–H and O–H groups in total. The van der Waals surface area contributed by atoms with Crippen LogP contribution < -0.4 is 0 Å². The van der Waals surface area contributed by atoms with Gasteiger partial charge in [-0.05, 0) is 148 Å². The Morgan fingerprint density at radius 1 is 0.426 bits per heavy atom. The van der Waals surface area contributed by atoms with Gasteiger partial charge < -0.3 is 60.8 Å². The predicted octanol–water partition coefficient (Wildman–Crippen LogP) is 9.37. The van der Waals surface area contributed by atoms with E-state index in [9.17, 15) is 40.9 Å². The first-order chi connectivity index (χ1) is 28.8. The molecule has 2 unspecified atom stereocenters. The minimum Gasteiger partial charge on any atom is -0.512 e. The summed E-state index contributed by atoms with van der Waals surface area (Å²) >= 11 is 0. The number of hydrogen-bond acceptors (Lipinski definition) is 8. The maximum atomic E-state index is 11.0. The molecule has 61 heavy (non-hydrogen) atoms. The van der Waals surface area contributed by atoms with Crippen LogP contribution in [0.3, 0.4) is 0 Å². The molecule has 0 saturated heterocycles. The quantitative estimate of drug-likeness (QED) is 0.0570. The molecule has 0 saturated carbocycles. The number of rotatable bonds is 6. The van der Waals surface area contributed by atoms with Crippen LogP contribution in [0.2, 0.25) is 0 Å². The smallest absolute Gasteiger partial charge is 0.119 e. The summed E-state index contributed by atoms with van der Waals surface area (Å²) in [7, 11) is 0. The van der Waals surface area contributed by atoms with E-state index in [0.717, 1.165) is 0 Å². The molecule has 1 aliphatic heterocycles. The highest BCUT2D eigenvalue weighted by atomic mass is 16.3. The van der Waals surface area contributed by atoms with E-state index < -0.39 is 21.7 Å². The predicted molar refractivity (Wildman–Crippen MR) is 232 cm³/mol. The molecule has 8 rings (SSSR count). The van der Waals surface area contributed by atoms with Gasteiger partial charge in [-0.1, -0.05) is 6.58 Å². The lowest BCUT2D eigenvalue weighted by Gasteiger charge is -2.34. The first kappa shape index (κ1) is 40.2. The molecule has 12 heteroatoms. The number of nitrogens with one attached hydrogen (secondary N) is 4. The maximum absolute atomic E-state index is 11.0. The summed E-state index contributed by atoms with van der Waals surface area (Å²) in [6.45, 7) is 13.7. The van der Waals surface area contributed by atoms with E-state index in [-0.39, 0.29) is 46.0 Å². The number of aliphatic hydroxyl groups is 2. The van der Waals surface area contributed by atoms with Crippen LogP contribution in [0.1, 0.15) is 96.9 Å². The lowest BCUT2D eigenvalue weighted by molar-refractivity contribution is 0.393. The molecule has 0 radical (unpaired) electrons. The highest BCUT2D eigenvalue weighted by Crippen LogP contribution is 2.49. The number of fused-ring (bicyclic) bond motifs is 8. The molecule has 8 bridgehead atoms. The van der Waals surface area contributed by atoms with E-state index in [1.54, 1.807) is 36.4 Å². The number of H-pyrrole nitrogens is 4. The summed E-state index contributed by atoms with van der Waals surface area (Å²) in [6, 6.07) is 28.6. The fraction of sp³-hybridized carbons (Fsp3) is 0.184. The van der Waals surface area contributed by atoms with Gasteiger partial charge in [0, 0.05) is 69.8 Å². The normalized spacial score (nSPS) is 22.9. The molecule has 4 atom stereocenters. The zero-order valence-corrected chi connectivity index (χ0v) is 34.3. The second-order valence-corrected chi connectivity index (χ2v) is 16.7. The van der Waals surface area contributed by atoms with E-state index in [1.165, 1.54) is 37.3 Å². The summed E-state index contributed by atoms with van der Waals surface area (Å²) < 4.78 is 0. The third-order valence-corrected chi connectivity index (χ3v) is 12.8. The average Bonchev–Trinajstić information content (AvgIpc) is 4.02. The van der Waals surface area contributed by atoms with Gasteiger partial charge in [0.1, 0.15) is 40.3 Å². The second-order valence-electron chi connectivity index (χ2n) is 16.7. The molecule has 0 spiro atoms. The highest BCUT2D eigenvalue weighted by Gasteiger charge is 2.44. The van der Waals surface area contributed by atoms with E-state index in [2.05, 4.69) is 26.5 Å². The lowest BCUT2D eigenvalue weighted by atomic mass is 9.75. The van der Waals surface area contributed by atoms with E-state index in [4.69, 9.17) is 0 Å². The van der Waals surface area contributed by atoms with Gasteiger partial charge in [-0.25, -0.2) is 0 Å². The van der Waals surface area contributed by atoms with Crippen molar-refractivity contribution < 1.29 is 40.9 Å². The van der Waals surface area contributed by atoms with Gasteiger partial charge in [0.25, 0.3) is 0 Å². The Morgan fingerprint density at radius 2 is 0.672 bits per heavy atom. The highest BCUT2D eigenvalue weighted by molar-refractivity contribution is 5.59. The number of aliphatic hydroxyl groups excluding tert-OH is 2. The maximum Gasteiger partial charge on any atom is 0.119 e. The SMILES string of the molecule is C=C(/C=C(O)\C=C(/C)O)C1(C)c2ccc([nH]2)[C@](C)(c2cc(O)cc(O)c2)c2ccc([nH]2)C(C)(c2cc(O)cc(O)c2)c2ccc([nH]2)[C@](C)(c2cc(O)cc(O)c2)c2ccc1[nH]2. The summed E-state index contributed by atoms with van der Waals surface area (Å²) in [6.07, 6.45) is 2.70. The number of benzene rings is 3. The van der Waals surface area contributed by atoms with Gasteiger partial charge in [0.2, 0.25) is 0 Å². The van der Waals surface area contributed by atoms with Gasteiger partial charge in [-0.2, -0.15) is 0 Å². The zero-order valence-electron chi connectivity index (χ0n) is 34.3. The Hall–Kier alpha value is -7.60. The van der Waals surface area contributed by atoms with Crippen LogP contribution in [0.25, 0.3) is 0 Å². The van der Waals surface area contributed by atoms with Crippen molar-refractivity contribution in [3.63, 3.8) is 0 Å². The van der Waals surface area contributed by atoms with Gasteiger partial charge in [-0.3, -0.25) is 0 Å². The standard InChI is InChI=1S/C49H48N4O8/c1-26(15-31(55)16-27(2)54)46(3)38-7-9-40(50-38)47(4,28-17-32(56)23-33(57)18-28)42-11-13-44(52-42)49(6,30-21-36(60)25-37(61)22-30)45-14-12-43(53-45)48(5,41-10-8-39(46)51-41)29-19-34(58)24-35(59)20-29/h7-25,50-61H,1H2,2-6H3/b27-16+,31-15+/t46?,47-,48+,49?. The Balaban J connectivity index is 1.49. The van der Waals surface area contributed by atoms with Crippen molar-refractivity contribution in [1.29, 1.82) is 0 Å². The first-order valence-electron chi connectivity index (χ1n) is 19.6. The van der Waals surface area contributed by atoms with Gasteiger partial charge in [0.15, 0.2) is 0 Å². The van der Waals surface area contributed by atoms with Crippen molar-refractivity contribution in [3.05, 3.63) is 201 Å². The van der Waals surface area contributed by atoms with Crippen molar-refractivity contribution >= 4 is 0 Å². The molecule has 0 amide bonds. The van der Waals surface area contributed by atoms with Crippen LogP contribution in [0, 0.1) is 0 Å². The molecule has 12 nitrogen and oxygen atoms in total. The molecule has 0 fully saturated rings. The number of hydrogen-bond donors (Lipinski definition) is 12. The van der Waals surface area contributed by atoms with Gasteiger partial charge >= 0.3 is 0 Å². The number of aromatic nitrogens is 4. The number of aromatic amines is 4. The summed E-state index contributed by atoms with van der Waals surface area (Å²) in [5.74, 6) is -1.19. The van der Waals surface area contributed by atoms with Crippen molar-refractivity contribution in [2.75, 3.05) is 0 Å². The van der Waals surface area contributed by atoms with Gasteiger partial charge in [-0.15, -0.1) is 0 Å². The number of aromatic hydroxyl groups is 6. The number of phenolic OH excluding ortho intramolecular Hbond substituents is 6. The molecule has 312 valence electrons. The molecule has 5 heterocycles. The lowest BCUT2D eigenvalue weighted by Crippen LogP contribution is -2.32. The molecule has 7 aromatic rings. The molecule has 0 aliphatic carbocycles. The van der Waals surface area contributed by atoms with Gasteiger partial charge in [0.05, 0.1) is 27.4 Å². The van der Waals surface area contributed by atoms with Crippen LogP contribution >= 0.6 is 0 Å². The van der Waals surface area contributed by atoms with E-state index in [0.29, 0.717) is 67.8 Å². The summed E-state index contributed by atoms with van der Waals surface area (Å²) in [5, 5.41) is 86.1. The van der Waals surface area contributed by atoms with Crippen LogP contribution in [0.5, 0.6) is 34.5 Å². The average molecular weight is 821 g/mol. The van der Waals surface area contributed by atoms with E-state index >= 15 is 0 Å². The van der Waals surface area contributed by atoms with Crippen LogP contribution in [-0.4, -0.2) is 60.8 Å². The Morgan fingerprint density at radius 3 is 0.934 bits per heavy atom. The van der Waals surface area contributed by atoms with E-state index in [1.807, 2.05) is 76.2 Å². The van der Waals surface area contributed by atoms with Crippen molar-refractivity contribution in [3.8, 4) is 34.5 Å². The third kappa shape index (κ3) is 6.38. The minimum absolute atomic E-state index is 0.100. The summed E-state index contributed by atoms with van der Waals surface area (Å²) in [4.78, 5) is 14.7. The third-order valence-electron chi connectivity index (χ3n) is 12.8.